The number of fused-ring (bicyclic) bond motifs is 1. The van der Waals surface area contributed by atoms with Crippen LogP contribution in [0.2, 0.25) is 0 Å². The van der Waals surface area contributed by atoms with Crippen LogP contribution in [0.15, 0.2) is 47.0 Å². The molecule has 1 aliphatic carbocycles. The standard InChI is InChI=1S/C30H41N6O8P/c1-5-10-22(11-6-2)16-41-28(39)20(3)35-45(40,44-24-12-8-7-9-13-24)43-18-30(17-42-21(4)37)14-23(30)15-36-19-32-25-26(36)33-29(31)34-27(25)38/h7-9,12-13,15,19-20,22H,5-6,10-11,14,16-18H2,1-4H3,(H,35,40)(H3,31,33,34,38)/b23-15-/t20-,30-,45-/m0/s1. The number of carbonyl (C=O) groups is 2. The van der Waals surface area contributed by atoms with Crippen molar-refractivity contribution < 1.29 is 32.7 Å². The van der Waals surface area contributed by atoms with Crippen molar-refractivity contribution in [3.05, 3.63) is 52.6 Å². The minimum Gasteiger partial charge on any atom is -0.465 e. The van der Waals surface area contributed by atoms with Crippen LogP contribution in [-0.4, -0.2) is 57.3 Å². The van der Waals surface area contributed by atoms with Crippen LogP contribution in [0.25, 0.3) is 17.4 Å². The SMILES string of the molecule is CCCC(CCC)COC(=O)[C@H](C)N[P@](=O)(OC[C@@]1(COC(C)=O)C/C1=C/n1cnc2c(=O)[nH]c(N)nc21)Oc1ccccc1. The molecule has 4 N–H and O–H groups in total. The van der Waals surface area contributed by atoms with Gasteiger partial charge in [0.25, 0.3) is 5.56 Å². The Labute approximate surface area is 261 Å². The average Bonchev–Trinajstić information content (AvgIpc) is 3.53. The maximum Gasteiger partial charge on any atom is 0.459 e. The van der Waals surface area contributed by atoms with Crippen LogP contribution in [0.1, 0.15) is 59.8 Å². The molecular formula is C30H41N6O8P. The number of nitrogens with zero attached hydrogens (tertiary/aromatic N) is 3. The molecule has 244 valence electrons. The van der Waals surface area contributed by atoms with Gasteiger partial charge in [-0.05, 0) is 49.8 Å². The van der Waals surface area contributed by atoms with Gasteiger partial charge in [0.05, 0.1) is 18.6 Å². The van der Waals surface area contributed by atoms with Gasteiger partial charge < -0.3 is 19.7 Å². The molecule has 0 unspecified atom stereocenters. The molecule has 0 spiro atoms. The Bertz CT molecular complexity index is 1620. The van der Waals surface area contributed by atoms with Crippen LogP contribution in [0.5, 0.6) is 5.75 Å². The van der Waals surface area contributed by atoms with E-state index in [9.17, 15) is 18.9 Å². The number of esters is 2. The summed E-state index contributed by atoms with van der Waals surface area (Å²) in [6, 6.07) is 7.41. The summed E-state index contributed by atoms with van der Waals surface area (Å²) in [6.45, 7) is 6.99. The van der Waals surface area contributed by atoms with Crippen molar-refractivity contribution in [2.45, 2.75) is 65.8 Å². The van der Waals surface area contributed by atoms with Gasteiger partial charge in [-0.2, -0.15) is 10.1 Å². The number of H-pyrrole nitrogens is 1. The summed E-state index contributed by atoms with van der Waals surface area (Å²) < 4.78 is 38.4. The van der Waals surface area contributed by atoms with Crippen molar-refractivity contribution in [2.24, 2.45) is 11.3 Å². The second-order valence-corrected chi connectivity index (χ2v) is 13.0. The molecule has 3 atom stereocenters. The lowest BCUT2D eigenvalue weighted by Gasteiger charge is -2.25. The third kappa shape index (κ3) is 9.03. The van der Waals surface area contributed by atoms with E-state index in [0.717, 1.165) is 31.3 Å². The Kier molecular flexibility index (Phi) is 11.2. The summed E-state index contributed by atoms with van der Waals surface area (Å²) >= 11 is 0. The quantitative estimate of drug-likeness (QED) is 0.139. The van der Waals surface area contributed by atoms with Crippen molar-refractivity contribution >= 4 is 43.0 Å². The van der Waals surface area contributed by atoms with E-state index in [4.69, 9.17) is 24.3 Å². The summed E-state index contributed by atoms with van der Waals surface area (Å²) in [4.78, 5) is 47.6. The van der Waals surface area contributed by atoms with E-state index in [1.165, 1.54) is 24.7 Å². The number of aromatic amines is 1. The number of hydrogen-bond donors (Lipinski definition) is 3. The van der Waals surface area contributed by atoms with E-state index in [1.807, 2.05) is 0 Å². The van der Waals surface area contributed by atoms with Gasteiger partial charge in [-0.1, -0.05) is 44.9 Å². The number of anilines is 1. The molecule has 14 nitrogen and oxygen atoms in total. The van der Waals surface area contributed by atoms with Crippen molar-refractivity contribution in [1.82, 2.24) is 24.6 Å². The minimum atomic E-state index is -4.19. The van der Waals surface area contributed by atoms with Gasteiger partial charge >= 0.3 is 19.7 Å². The highest BCUT2D eigenvalue weighted by Gasteiger charge is 2.52. The van der Waals surface area contributed by atoms with Gasteiger partial charge in [-0.3, -0.25) is 28.5 Å². The van der Waals surface area contributed by atoms with E-state index in [-0.39, 0.29) is 48.6 Å². The maximum absolute atomic E-state index is 14.2. The van der Waals surface area contributed by atoms with Gasteiger partial charge in [0.2, 0.25) is 5.95 Å². The number of para-hydroxylation sites is 1. The molecule has 1 saturated carbocycles. The molecule has 0 amide bonds. The van der Waals surface area contributed by atoms with Crippen molar-refractivity contribution in [3.8, 4) is 5.75 Å². The fraction of sp³-hybridized carbons (Fsp3) is 0.500. The highest BCUT2D eigenvalue weighted by molar-refractivity contribution is 7.52. The third-order valence-electron chi connectivity index (χ3n) is 7.42. The number of benzene rings is 1. The number of nitrogen functional groups attached to an aromatic ring is 1. The second kappa shape index (κ2) is 14.9. The van der Waals surface area contributed by atoms with Crippen molar-refractivity contribution in [2.75, 3.05) is 25.6 Å². The Morgan fingerprint density at radius 2 is 1.89 bits per heavy atom. The van der Waals surface area contributed by atoms with Gasteiger partial charge in [-0.15, -0.1) is 0 Å². The molecule has 2 aromatic heterocycles. The Balaban J connectivity index is 1.54. The molecule has 45 heavy (non-hydrogen) atoms. The molecule has 15 heteroatoms. The van der Waals surface area contributed by atoms with Gasteiger partial charge in [-0.25, -0.2) is 9.55 Å². The van der Waals surface area contributed by atoms with Crippen molar-refractivity contribution in [3.63, 3.8) is 0 Å². The van der Waals surface area contributed by atoms with E-state index >= 15 is 0 Å². The largest absolute Gasteiger partial charge is 0.465 e. The number of carbonyl (C=O) groups excluding carboxylic acids is 2. The maximum atomic E-state index is 14.2. The van der Waals surface area contributed by atoms with E-state index < -0.39 is 36.7 Å². The lowest BCUT2D eigenvalue weighted by Crippen LogP contribution is -2.36. The summed E-state index contributed by atoms with van der Waals surface area (Å²) in [7, 11) is -4.19. The lowest BCUT2D eigenvalue weighted by molar-refractivity contribution is -0.147. The Morgan fingerprint density at radius 1 is 1.18 bits per heavy atom. The van der Waals surface area contributed by atoms with Gasteiger partial charge in [0.15, 0.2) is 11.2 Å². The molecule has 2 heterocycles. The Hall–Kier alpha value is -4.00. The Morgan fingerprint density at radius 3 is 2.56 bits per heavy atom. The molecule has 0 aliphatic heterocycles. The van der Waals surface area contributed by atoms with Crippen molar-refractivity contribution in [1.29, 1.82) is 0 Å². The molecule has 4 rings (SSSR count). The monoisotopic (exact) mass is 644 g/mol. The molecule has 0 bridgehead atoms. The van der Waals surface area contributed by atoms with Gasteiger partial charge in [0, 0.05) is 13.1 Å². The normalized spacial score (nSPS) is 18.9. The van der Waals surface area contributed by atoms with E-state index in [1.54, 1.807) is 36.5 Å². The zero-order valence-electron chi connectivity index (χ0n) is 26.0. The molecular weight excluding hydrogens is 603 g/mol. The predicted molar refractivity (Wildman–Crippen MR) is 168 cm³/mol. The topological polar surface area (TPSA) is 190 Å². The zero-order valence-corrected chi connectivity index (χ0v) is 26.9. The lowest BCUT2D eigenvalue weighted by atomic mass is 9.99. The van der Waals surface area contributed by atoms with E-state index in [0.29, 0.717) is 6.42 Å². The van der Waals surface area contributed by atoms with Crippen LogP contribution in [0, 0.1) is 11.3 Å². The minimum absolute atomic E-state index is 0.0677. The summed E-state index contributed by atoms with van der Waals surface area (Å²) in [6.07, 6.45) is 7.35. The fourth-order valence-corrected chi connectivity index (χ4v) is 6.51. The van der Waals surface area contributed by atoms with Crippen LogP contribution in [-0.2, 0) is 28.2 Å². The number of imidazole rings is 1. The number of nitrogens with two attached hydrogens (primary N) is 1. The highest BCUT2D eigenvalue weighted by atomic mass is 31.2. The van der Waals surface area contributed by atoms with Crippen LogP contribution >= 0.6 is 7.75 Å². The van der Waals surface area contributed by atoms with E-state index in [2.05, 4.69) is 33.9 Å². The first-order valence-electron chi connectivity index (χ1n) is 15.0. The average molecular weight is 645 g/mol. The first kappa shape index (κ1) is 33.9. The highest BCUT2D eigenvalue weighted by Crippen LogP contribution is 2.56. The first-order chi connectivity index (χ1) is 21.5. The number of hydrogen-bond acceptors (Lipinski definition) is 11. The first-order valence-corrected chi connectivity index (χ1v) is 16.5. The third-order valence-corrected chi connectivity index (χ3v) is 9.05. The van der Waals surface area contributed by atoms with Crippen LogP contribution in [0.3, 0.4) is 0 Å². The predicted octanol–water partition coefficient (Wildman–Crippen LogP) is 4.44. The molecule has 0 radical (unpaired) electrons. The number of ether oxygens (including phenoxy) is 2. The molecule has 0 saturated heterocycles. The molecule has 1 fully saturated rings. The number of nitrogens with one attached hydrogen (secondary N) is 2. The molecule has 1 aromatic carbocycles. The summed E-state index contributed by atoms with van der Waals surface area (Å²) in [5.41, 5.74) is 5.46. The summed E-state index contributed by atoms with van der Waals surface area (Å²) in [5, 5.41) is 2.72. The second-order valence-electron chi connectivity index (χ2n) is 11.3. The van der Waals surface area contributed by atoms with Crippen LogP contribution in [0.4, 0.5) is 5.95 Å². The molecule has 3 aromatic rings. The zero-order chi connectivity index (χ0) is 32.6. The smallest absolute Gasteiger partial charge is 0.459 e. The summed E-state index contributed by atoms with van der Waals surface area (Å²) in [5.74, 6) is -0.639. The van der Waals surface area contributed by atoms with Crippen LogP contribution < -0.4 is 20.9 Å². The number of rotatable bonds is 17. The van der Waals surface area contributed by atoms with Gasteiger partial charge in [0.1, 0.15) is 24.7 Å². The molecule has 1 aliphatic rings. The number of aromatic nitrogens is 4. The fourth-order valence-electron chi connectivity index (χ4n) is 4.94.